The van der Waals surface area contributed by atoms with Crippen LogP contribution in [0.15, 0.2) is 237 Å². The summed E-state index contributed by atoms with van der Waals surface area (Å²) < 4.78 is 0. The fraction of sp³-hybridized carbons (Fsp3) is 0.0161. The SMILES string of the molecule is c1ccc(-c2cc(-c3cccc(-c4cccc(-c5nc(-c6ccccc6)nc(-c6cccc7c6C6(c8ccccc8-c8ccccc86)c6ccccc6-7)n5)c4)c3)nc(-c3ccccc3)n2)cc1. The summed E-state index contributed by atoms with van der Waals surface area (Å²) in [5, 5.41) is 0. The van der Waals surface area contributed by atoms with Crippen molar-refractivity contribution in [2.75, 3.05) is 0 Å². The van der Waals surface area contributed by atoms with Gasteiger partial charge in [0.25, 0.3) is 0 Å². The quantitative estimate of drug-likeness (QED) is 0.160. The van der Waals surface area contributed by atoms with Crippen LogP contribution in [0.4, 0.5) is 0 Å². The second-order valence-electron chi connectivity index (χ2n) is 17.1. The molecule has 9 aromatic carbocycles. The largest absolute Gasteiger partial charge is 0.228 e. The van der Waals surface area contributed by atoms with Crippen LogP contribution in [0.2, 0.25) is 0 Å². The van der Waals surface area contributed by atoms with Gasteiger partial charge in [-0.05, 0) is 73.8 Å². The minimum absolute atomic E-state index is 0.562. The molecule has 0 amide bonds. The second-order valence-corrected chi connectivity index (χ2v) is 17.1. The molecule has 11 aromatic rings. The molecule has 312 valence electrons. The number of rotatable bonds is 7. The number of hydrogen-bond donors (Lipinski definition) is 0. The Labute approximate surface area is 388 Å². The Morgan fingerprint density at radius 3 is 1.16 bits per heavy atom. The van der Waals surface area contributed by atoms with Crippen molar-refractivity contribution in [2.45, 2.75) is 5.41 Å². The van der Waals surface area contributed by atoms with E-state index in [9.17, 15) is 0 Å². The fourth-order valence-electron chi connectivity index (χ4n) is 10.4. The molecule has 0 aliphatic heterocycles. The number of nitrogens with zero attached hydrogens (tertiary/aromatic N) is 5. The molecule has 0 saturated heterocycles. The van der Waals surface area contributed by atoms with Gasteiger partial charge in [0.2, 0.25) is 0 Å². The summed E-state index contributed by atoms with van der Waals surface area (Å²) in [4.78, 5) is 26.2. The van der Waals surface area contributed by atoms with Gasteiger partial charge in [0, 0.05) is 33.4 Å². The Morgan fingerprint density at radius 1 is 0.224 bits per heavy atom. The van der Waals surface area contributed by atoms with Gasteiger partial charge in [0.1, 0.15) is 0 Å². The third-order valence-corrected chi connectivity index (χ3v) is 13.4. The lowest BCUT2D eigenvalue weighted by Crippen LogP contribution is -2.26. The van der Waals surface area contributed by atoms with Crippen molar-refractivity contribution in [3.8, 4) is 101 Å². The van der Waals surface area contributed by atoms with Gasteiger partial charge in [-0.2, -0.15) is 0 Å². The van der Waals surface area contributed by atoms with Gasteiger partial charge in [-0.25, -0.2) is 24.9 Å². The van der Waals surface area contributed by atoms with Crippen LogP contribution in [-0.4, -0.2) is 24.9 Å². The Kier molecular flexibility index (Phi) is 9.00. The van der Waals surface area contributed by atoms with Crippen LogP contribution >= 0.6 is 0 Å². The highest BCUT2D eigenvalue weighted by atomic mass is 15.0. The zero-order chi connectivity index (χ0) is 44.3. The van der Waals surface area contributed by atoms with Gasteiger partial charge in [0.05, 0.1) is 16.8 Å². The highest BCUT2D eigenvalue weighted by Crippen LogP contribution is 2.64. The zero-order valence-corrected chi connectivity index (χ0v) is 36.3. The van der Waals surface area contributed by atoms with E-state index >= 15 is 0 Å². The van der Waals surface area contributed by atoms with E-state index in [4.69, 9.17) is 24.9 Å². The third kappa shape index (κ3) is 6.28. The summed E-state index contributed by atoms with van der Waals surface area (Å²) >= 11 is 0. The molecule has 0 unspecified atom stereocenters. The first kappa shape index (κ1) is 38.5. The Balaban J connectivity index is 0.967. The topological polar surface area (TPSA) is 64.5 Å². The molecule has 0 bridgehead atoms. The molecule has 1 spiro atoms. The first-order chi connectivity index (χ1) is 33.2. The van der Waals surface area contributed by atoms with Gasteiger partial charge < -0.3 is 0 Å². The maximum atomic E-state index is 5.44. The van der Waals surface area contributed by atoms with Crippen molar-refractivity contribution in [2.24, 2.45) is 0 Å². The van der Waals surface area contributed by atoms with Crippen molar-refractivity contribution >= 4 is 0 Å². The van der Waals surface area contributed by atoms with Crippen molar-refractivity contribution in [3.05, 3.63) is 259 Å². The Hall–Kier alpha value is -8.93. The van der Waals surface area contributed by atoms with Crippen molar-refractivity contribution < 1.29 is 0 Å². The van der Waals surface area contributed by atoms with Crippen molar-refractivity contribution in [3.63, 3.8) is 0 Å². The average Bonchev–Trinajstić information content (AvgIpc) is 3.89. The van der Waals surface area contributed by atoms with E-state index in [2.05, 4.69) is 182 Å². The molecule has 67 heavy (non-hydrogen) atoms. The summed E-state index contributed by atoms with van der Waals surface area (Å²) in [6, 6.07) is 83.2. The van der Waals surface area contributed by atoms with Crippen LogP contribution in [0.5, 0.6) is 0 Å². The monoisotopic (exact) mass is 853 g/mol. The number of benzene rings is 9. The third-order valence-electron chi connectivity index (χ3n) is 13.4. The van der Waals surface area contributed by atoms with Crippen LogP contribution < -0.4 is 0 Å². The molecule has 13 rings (SSSR count). The van der Waals surface area contributed by atoms with Crippen LogP contribution in [0.25, 0.3) is 101 Å². The molecule has 0 saturated carbocycles. The maximum Gasteiger partial charge on any atom is 0.164 e. The lowest BCUT2D eigenvalue weighted by molar-refractivity contribution is 0.794. The van der Waals surface area contributed by atoms with Crippen LogP contribution in [0.3, 0.4) is 0 Å². The van der Waals surface area contributed by atoms with E-state index in [1.807, 2.05) is 54.6 Å². The molecule has 0 atom stereocenters. The smallest absolute Gasteiger partial charge is 0.164 e. The highest BCUT2D eigenvalue weighted by Gasteiger charge is 2.52. The van der Waals surface area contributed by atoms with Crippen LogP contribution in [-0.2, 0) is 5.41 Å². The van der Waals surface area contributed by atoms with E-state index in [0.29, 0.717) is 23.3 Å². The van der Waals surface area contributed by atoms with E-state index in [1.165, 1.54) is 44.5 Å². The Bertz CT molecular complexity index is 3580. The minimum Gasteiger partial charge on any atom is -0.228 e. The molecular weight excluding hydrogens is 815 g/mol. The molecule has 2 aliphatic carbocycles. The lowest BCUT2D eigenvalue weighted by atomic mass is 9.69. The van der Waals surface area contributed by atoms with Crippen molar-refractivity contribution in [1.29, 1.82) is 0 Å². The standard InChI is InChI=1S/C62H39N5/c1-4-19-40(20-5-1)55-39-56(64-58(63-55)41-21-6-2-7-22-41)45-27-16-25-43(37-45)44-26-17-28-46(38-44)60-65-59(42-23-8-3-9-24-42)66-61(67-60)51-33-18-32-50-49-31-12-15-36-54(49)62(57(50)51)52-34-13-10-29-47(52)48-30-11-14-35-53(48)62/h1-39H. The number of hydrogen-bond acceptors (Lipinski definition) is 5. The lowest BCUT2D eigenvalue weighted by Gasteiger charge is -2.31. The number of aromatic nitrogens is 5. The summed E-state index contributed by atoms with van der Waals surface area (Å²) in [6.07, 6.45) is 0. The van der Waals surface area contributed by atoms with Gasteiger partial charge in [-0.3, -0.25) is 0 Å². The van der Waals surface area contributed by atoms with E-state index < -0.39 is 5.41 Å². The summed E-state index contributed by atoms with van der Waals surface area (Å²) in [6.45, 7) is 0. The first-order valence-electron chi connectivity index (χ1n) is 22.7. The molecule has 0 fully saturated rings. The molecule has 2 aliphatic rings. The van der Waals surface area contributed by atoms with Crippen molar-refractivity contribution in [1.82, 2.24) is 24.9 Å². The average molecular weight is 854 g/mol. The predicted octanol–water partition coefficient (Wildman–Crippen LogP) is 14.7. The normalized spacial score (nSPS) is 12.6. The van der Waals surface area contributed by atoms with Gasteiger partial charge in [0.15, 0.2) is 23.3 Å². The Morgan fingerprint density at radius 2 is 0.582 bits per heavy atom. The molecule has 2 heterocycles. The van der Waals surface area contributed by atoms with Crippen LogP contribution in [0, 0.1) is 0 Å². The van der Waals surface area contributed by atoms with Crippen LogP contribution in [0.1, 0.15) is 22.3 Å². The van der Waals surface area contributed by atoms with Gasteiger partial charge in [-0.15, -0.1) is 0 Å². The van der Waals surface area contributed by atoms with Gasteiger partial charge >= 0.3 is 0 Å². The first-order valence-corrected chi connectivity index (χ1v) is 22.7. The molecule has 0 radical (unpaired) electrons. The minimum atomic E-state index is -0.562. The summed E-state index contributed by atoms with van der Waals surface area (Å²) in [5.74, 6) is 2.54. The molecule has 5 nitrogen and oxygen atoms in total. The van der Waals surface area contributed by atoms with E-state index in [-0.39, 0.29) is 0 Å². The molecule has 2 aromatic heterocycles. The molecular formula is C62H39N5. The molecule has 5 heteroatoms. The van der Waals surface area contributed by atoms with Gasteiger partial charge in [-0.1, -0.05) is 218 Å². The predicted molar refractivity (Wildman–Crippen MR) is 270 cm³/mol. The molecule has 0 N–H and O–H groups in total. The second kappa shape index (κ2) is 15.7. The highest BCUT2D eigenvalue weighted by molar-refractivity contribution is 5.98. The number of fused-ring (bicyclic) bond motifs is 10. The van der Waals surface area contributed by atoms with E-state index in [0.717, 1.165) is 55.9 Å². The zero-order valence-electron chi connectivity index (χ0n) is 36.3. The van der Waals surface area contributed by atoms with E-state index in [1.54, 1.807) is 0 Å². The maximum absolute atomic E-state index is 5.44. The summed E-state index contributed by atoms with van der Waals surface area (Å²) in [7, 11) is 0. The summed E-state index contributed by atoms with van der Waals surface area (Å²) in [5.41, 5.74) is 19.0. The fourth-order valence-corrected chi connectivity index (χ4v) is 10.4.